The Hall–Kier alpha value is -2.71. The van der Waals surface area contributed by atoms with Gasteiger partial charge in [-0.25, -0.2) is 13.1 Å². The van der Waals surface area contributed by atoms with Crippen molar-refractivity contribution >= 4 is 28.3 Å². The Labute approximate surface area is 232 Å². The van der Waals surface area contributed by atoms with Gasteiger partial charge in [0.15, 0.2) is 0 Å². The maximum Gasteiger partial charge on any atom is 0.265 e. The van der Waals surface area contributed by atoms with E-state index in [1.54, 1.807) is 6.07 Å². The van der Waals surface area contributed by atoms with Crippen LogP contribution >= 0.6 is 12.4 Å². The molecule has 1 amide bonds. The first kappa shape index (κ1) is 29.8. The number of aryl methyl sites for hydroxylation is 1. The molecule has 1 aliphatic carbocycles. The minimum Gasteiger partial charge on any atom is -0.387 e. The summed E-state index contributed by atoms with van der Waals surface area (Å²) in [4.78, 5) is 12.7. The highest BCUT2D eigenvalue weighted by Crippen LogP contribution is 2.38. The van der Waals surface area contributed by atoms with Gasteiger partial charge in [-0.05, 0) is 72.0 Å². The molecule has 1 fully saturated rings. The molecule has 0 aliphatic heterocycles. The first-order valence-electron chi connectivity index (χ1n) is 13.0. The molecular weight excluding hydrogens is 520 g/mol. The van der Waals surface area contributed by atoms with Gasteiger partial charge in [0.1, 0.15) is 0 Å². The fourth-order valence-corrected chi connectivity index (χ4v) is 5.51. The lowest BCUT2D eigenvalue weighted by Crippen LogP contribution is -2.30. The first-order chi connectivity index (χ1) is 17.8. The highest BCUT2D eigenvalue weighted by atomic mass is 35.5. The van der Waals surface area contributed by atoms with Gasteiger partial charge in [-0.1, -0.05) is 79.6 Å². The van der Waals surface area contributed by atoms with E-state index in [9.17, 15) is 18.3 Å². The molecule has 1 saturated carbocycles. The number of carbonyl (C=O) groups is 1. The molecule has 0 radical (unpaired) electrons. The van der Waals surface area contributed by atoms with Crippen molar-refractivity contribution in [1.29, 1.82) is 0 Å². The van der Waals surface area contributed by atoms with Crippen LogP contribution in [0.2, 0.25) is 0 Å². The van der Waals surface area contributed by atoms with Crippen molar-refractivity contribution in [2.75, 3.05) is 19.3 Å². The Kier molecular flexibility index (Phi) is 10.9. The molecule has 1 atom stereocenters. The zero-order valence-corrected chi connectivity index (χ0v) is 23.4. The van der Waals surface area contributed by atoms with Crippen LogP contribution in [0, 0.1) is 0 Å². The number of nitrogens with one attached hydrogen (secondary N) is 2. The number of aliphatic hydroxyl groups excluding tert-OH is 1. The number of hydrogen-bond acceptors (Lipinski definition) is 5. The second-order valence-corrected chi connectivity index (χ2v) is 11.7. The Balaban J connectivity index is 0.00000400. The summed E-state index contributed by atoms with van der Waals surface area (Å²) in [7, 11) is -3.62. The van der Waals surface area contributed by atoms with Gasteiger partial charge in [-0.2, -0.15) is 0 Å². The van der Waals surface area contributed by atoms with Crippen LogP contribution in [0.15, 0.2) is 72.8 Å². The van der Waals surface area contributed by atoms with Crippen molar-refractivity contribution in [1.82, 2.24) is 10.0 Å². The van der Waals surface area contributed by atoms with Crippen LogP contribution in [-0.4, -0.2) is 38.8 Å². The van der Waals surface area contributed by atoms with E-state index in [4.69, 9.17) is 0 Å². The van der Waals surface area contributed by atoms with Gasteiger partial charge in [0.2, 0.25) is 10.0 Å². The molecule has 38 heavy (non-hydrogen) atoms. The van der Waals surface area contributed by atoms with Gasteiger partial charge in [0.25, 0.3) is 5.91 Å². The topological polar surface area (TPSA) is 95.5 Å². The molecule has 8 heteroatoms. The third kappa shape index (κ3) is 8.40. The second-order valence-electron chi connectivity index (χ2n) is 9.92. The number of benzene rings is 3. The second kappa shape index (κ2) is 13.9. The van der Waals surface area contributed by atoms with Gasteiger partial charge < -0.3 is 10.4 Å². The minimum absolute atomic E-state index is 0. The molecule has 0 unspecified atom stereocenters. The molecule has 3 aromatic carbocycles. The zero-order chi connectivity index (χ0) is 26.3. The third-order valence-corrected chi connectivity index (χ3v) is 7.55. The SMILES string of the molecule is CS(=O)(=O)NC(=O)c1ccc(-c2ccc(CCCNC[C@H](O)c3ccccc3)cc2)cc1C1CCCC1.Cl. The summed E-state index contributed by atoms with van der Waals surface area (Å²) in [6.07, 6.45) is 6.67. The van der Waals surface area contributed by atoms with E-state index in [2.05, 4.69) is 40.4 Å². The maximum absolute atomic E-state index is 12.7. The van der Waals surface area contributed by atoms with Gasteiger partial charge in [0.05, 0.1) is 12.4 Å². The fraction of sp³-hybridized carbons (Fsp3) is 0.367. The number of halogens is 1. The van der Waals surface area contributed by atoms with Crippen LogP contribution in [0.25, 0.3) is 11.1 Å². The Morgan fingerprint density at radius 3 is 2.29 bits per heavy atom. The molecule has 0 saturated heterocycles. The standard InChI is InChI=1S/C30H36N2O4S.ClH/c1-37(35,36)32-30(34)27-18-17-26(20-28(27)24-9-5-6-10-24)23-15-13-22(14-16-23)8-7-19-31-21-29(33)25-11-3-2-4-12-25;/h2-4,11-18,20,24,29,31,33H,5-10,19,21H2,1H3,(H,32,34);1H/t29-;/m0./s1. The summed E-state index contributed by atoms with van der Waals surface area (Å²) in [6, 6.07) is 23.9. The van der Waals surface area contributed by atoms with Crippen molar-refractivity contribution in [2.24, 2.45) is 0 Å². The van der Waals surface area contributed by atoms with Crippen molar-refractivity contribution < 1.29 is 18.3 Å². The molecule has 204 valence electrons. The fourth-order valence-electron chi connectivity index (χ4n) is 5.06. The molecule has 0 spiro atoms. The van der Waals surface area contributed by atoms with Gasteiger partial charge in [-0.15, -0.1) is 12.4 Å². The third-order valence-electron chi connectivity index (χ3n) is 7.00. The van der Waals surface area contributed by atoms with Gasteiger partial charge >= 0.3 is 0 Å². The van der Waals surface area contributed by atoms with Crippen molar-refractivity contribution in [3.05, 3.63) is 95.1 Å². The minimum atomic E-state index is -3.62. The summed E-state index contributed by atoms with van der Waals surface area (Å²) in [5.41, 5.74) is 5.65. The van der Waals surface area contributed by atoms with E-state index in [1.165, 1.54) is 5.56 Å². The smallest absolute Gasteiger partial charge is 0.265 e. The first-order valence-corrected chi connectivity index (χ1v) is 14.9. The summed E-state index contributed by atoms with van der Waals surface area (Å²) < 4.78 is 25.4. The molecule has 0 aromatic heterocycles. The molecular formula is C30H37ClN2O4S. The molecule has 0 heterocycles. The predicted octanol–water partition coefficient (Wildman–Crippen LogP) is 5.38. The van der Waals surface area contributed by atoms with Crippen LogP contribution in [0.3, 0.4) is 0 Å². The molecule has 0 bridgehead atoms. The highest BCUT2D eigenvalue weighted by molar-refractivity contribution is 7.89. The lowest BCUT2D eigenvalue weighted by Gasteiger charge is -2.17. The van der Waals surface area contributed by atoms with Gasteiger partial charge in [0, 0.05) is 12.1 Å². The van der Waals surface area contributed by atoms with Crippen LogP contribution < -0.4 is 10.0 Å². The zero-order valence-electron chi connectivity index (χ0n) is 21.7. The Morgan fingerprint density at radius 2 is 1.63 bits per heavy atom. The number of carbonyl (C=O) groups excluding carboxylic acids is 1. The monoisotopic (exact) mass is 556 g/mol. The van der Waals surface area contributed by atoms with E-state index >= 15 is 0 Å². The number of sulfonamides is 1. The van der Waals surface area contributed by atoms with E-state index in [0.29, 0.717) is 12.1 Å². The summed E-state index contributed by atoms with van der Waals surface area (Å²) >= 11 is 0. The number of amides is 1. The summed E-state index contributed by atoms with van der Waals surface area (Å²) in [5, 5.41) is 13.6. The van der Waals surface area contributed by atoms with E-state index in [0.717, 1.165) is 73.6 Å². The molecule has 1 aliphatic rings. The predicted molar refractivity (Wildman–Crippen MR) is 155 cm³/mol. The highest BCUT2D eigenvalue weighted by Gasteiger charge is 2.24. The molecule has 3 N–H and O–H groups in total. The Bertz CT molecular complexity index is 1290. The lowest BCUT2D eigenvalue weighted by molar-refractivity contribution is 0.0980. The summed E-state index contributed by atoms with van der Waals surface area (Å²) in [5.74, 6) is -0.288. The largest absolute Gasteiger partial charge is 0.387 e. The number of rotatable bonds is 11. The van der Waals surface area contributed by atoms with Crippen molar-refractivity contribution in [3.63, 3.8) is 0 Å². The summed E-state index contributed by atoms with van der Waals surface area (Å²) in [6.45, 7) is 1.36. The van der Waals surface area contributed by atoms with E-state index in [1.807, 2.05) is 36.4 Å². The van der Waals surface area contributed by atoms with Crippen LogP contribution in [0.1, 0.15) is 71.2 Å². The van der Waals surface area contributed by atoms with Crippen molar-refractivity contribution in [3.8, 4) is 11.1 Å². The van der Waals surface area contributed by atoms with Crippen LogP contribution in [-0.2, 0) is 16.4 Å². The number of hydrogen-bond donors (Lipinski definition) is 3. The molecule has 6 nitrogen and oxygen atoms in total. The van der Waals surface area contributed by atoms with Crippen molar-refractivity contribution in [2.45, 2.75) is 50.5 Å². The average molecular weight is 557 g/mol. The number of aliphatic hydroxyl groups is 1. The normalized spacial score (nSPS) is 14.6. The van der Waals surface area contributed by atoms with E-state index in [-0.39, 0.29) is 18.3 Å². The average Bonchev–Trinajstić information content (AvgIpc) is 3.43. The quantitative estimate of drug-likeness (QED) is 0.276. The maximum atomic E-state index is 12.7. The van der Waals surface area contributed by atoms with Gasteiger partial charge in [-0.3, -0.25) is 4.79 Å². The Morgan fingerprint density at radius 1 is 0.974 bits per heavy atom. The van der Waals surface area contributed by atoms with Crippen LogP contribution in [0.5, 0.6) is 0 Å². The molecule has 4 rings (SSSR count). The van der Waals surface area contributed by atoms with E-state index < -0.39 is 22.0 Å². The van der Waals surface area contributed by atoms with Crippen LogP contribution in [0.4, 0.5) is 0 Å². The molecule has 3 aromatic rings. The lowest BCUT2D eigenvalue weighted by atomic mass is 9.89.